The molecule has 164 valence electrons. The number of pyridine rings is 1. The monoisotopic (exact) mass is 424 g/mol. The minimum Gasteiger partial charge on any atom is -0.507 e. The van der Waals surface area contributed by atoms with Crippen LogP contribution in [0, 0.1) is 6.92 Å². The Morgan fingerprint density at radius 2 is 1.84 bits per heavy atom. The third kappa shape index (κ3) is 4.46. The van der Waals surface area contributed by atoms with Crippen molar-refractivity contribution in [3.05, 3.63) is 65.0 Å². The molecular weight excluding hydrogens is 394 g/mol. The van der Waals surface area contributed by atoms with Gasteiger partial charge in [0.15, 0.2) is 0 Å². The van der Waals surface area contributed by atoms with Crippen LogP contribution in [0.1, 0.15) is 36.6 Å². The predicted octanol–water partition coefficient (Wildman–Crippen LogP) is 1.75. The van der Waals surface area contributed by atoms with Crippen molar-refractivity contribution in [1.82, 2.24) is 9.88 Å². The number of Topliss-reactive ketones (excluding diaryl/α,β-unsaturated/α-hetero) is 1. The Kier molecular flexibility index (Phi) is 7.07. The van der Waals surface area contributed by atoms with Crippen LogP contribution in [0.2, 0.25) is 0 Å². The van der Waals surface area contributed by atoms with Gasteiger partial charge >= 0.3 is 0 Å². The molecule has 0 aliphatic carbocycles. The first-order valence-electron chi connectivity index (χ1n) is 10.6. The van der Waals surface area contributed by atoms with Gasteiger partial charge < -0.3 is 19.6 Å². The number of methoxy groups -OCH3 is 1. The Morgan fingerprint density at radius 3 is 2.42 bits per heavy atom. The number of ether oxygens (including phenoxy) is 1. The number of aliphatic hydroxyl groups excluding tert-OH is 1. The van der Waals surface area contributed by atoms with Gasteiger partial charge in [0, 0.05) is 18.0 Å². The molecule has 7 heteroatoms. The van der Waals surface area contributed by atoms with Crippen molar-refractivity contribution in [2.24, 2.45) is 0 Å². The topological polar surface area (TPSA) is 84.2 Å². The number of aliphatic hydroxyl groups is 1. The van der Waals surface area contributed by atoms with Crippen LogP contribution in [0.3, 0.4) is 0 Å². The van der Waals surface area contributed by atoms with Crippen molar-refractivity contribution in [1.29, 1.82) is 0 Å². The van der Waals surface area contributed by atoms with Crippen LogP contribution in [0.5, 0.6) is 5.75 Å². The average molecular weight is 425 g/mol. The normalized spacial score (nSPS) is 18.1. The SMILES string of the molecule is CC[NH+](CC)CCN1C(=O)C(=O)/C(=C(/O)c2ccc(OC)c(C)c2)[C@@H]1c1ccncc1. The molecule has 1 atom stereocenters. The second kappa shape index (κ2) is 9.75. The van der Waals surface area contributed by atoms with E-state index in [1.807, 2.05) is 6.92 Å². The van der Waals surface area contributed by atoms with Crippen molar-refractivity contribution in [3.8, 4) is 5.75 Å². The summed E-state index contributed by atoms with van der Waals surface area (Å²) >= 11 is 0. The number of hydrogen-bond acceptors (Lipinski definition) is 5. The number of quaternary nitrogens is 1. The van der Waals surface area contributed by atoms with Gasteiger partial charge in [0.1, 0.15) is 11.5 Å². The van der Waals surface area contributed by atoms with E-state index in [2.05, 4.69) is 18.8 Å². The van der Waals surface area contributed by atoms with E-state index in [0.29, 0.717) is 17.9 Å². The molecule has 0 saturated carbocycles. The molecule has 3 rings (SSSR count). The number of aromatic nitrogens is 1. The van der Waals surface area contributed by atoms with Gasteiger partial charge in [0.25, 0.3) is 11.7 Å². The van der Waals surface area contributed by atoms with Gasteiger partial charge in [-0.3, -0.25) is 14.6 Å². The summed E-state index contributed by atoms with van der Waals surface area (Å²) in [7, 11) is 1.58. The fourth-order valence-electron chi connectivity index (χ4n) is 4.07. The molecule has 2 aromatic rings. The Morgan fingerprint density at radius 1 is 1.16 bits per heavy atom. The quantitative estimate of drug-likeness (QED) is 0.383. The largest absolute Gasteiger partial charge is 0.507 e. The number of nitrogens with zero attached hydrogens (tertiary/aromatic N) is 2. The minimum absolute atomic E-state index is 0.107. The number of likely N-dealkylation sites (tertiary alicyclic amines) is 1. The highest BCUT2D eigenvalue weighted by Crippen LogP contribution is 2.39. The van der Waals surface area contributed by atoms with Crippen molar-refractivity contribution in [2.45, 2.75) is 26.8 Å². The predicted molar refractivity (Wildman–Crippen MR) is 118 cm³/mol. The summed E-state index contributed by atoms with van der Waals surface area (Å²) in [4.78, 5) is 33.0. The standard InChI is InChI=1S/C24H29N3O4/c1-5-26(6-2)13-14-27-21(17-9-11-25-12-10-17)20(23(29)24(27)30)22(28)18-7-8-19(31-4)16(3)15-18/h7-12,15,21,28H,5-6,13-14H2,1-4H3/p+1/b22-20+/t21-/m0/s1. The number of benzene rings is 1. The number of carbonyl (C=O) groups is 2. The van der Waals surface area contributed by atoms with Crippen LogP contribution in [0.25, 0.3) is 5.76 Å². The number of likely N-dealkylation sites (N-methyl/N-ethyl adjacent to an activating group) is 1. The van der Waals surface area contributed by atoms with E-state index in [-0.39, 0.29) is 11.3 Å². The molecule has 31 heavy (non-hydrogen) atoms. The molecule has 0 radical (unpaired) electrons. The summed E-state index contributed by atoms with van der Waals surface area (Å²) in [5.41, 5.74) is 2.15. The summed E-state index contributed by atoms with van der Waals surface area (Å²) in [5, 5.41) is 11.1. The van der Waals surface area contributed by atoms with Gasteiger partial charge in [-0.25, -0.2) is 0 Å². The highest BCUT2D eigenvalue weighted by molar-refractivity contribution is 6.46. The highest BCUT2D eigenvalue weighted by Gasteiger charge is 2.46. The molecule has 0 unspecified atom stereocenters. The number of amides is 1. The Labute approximate surface area is 183 Å². The van der Waals surface area contributed by atoms with E-state index in [1.165, 1.54) is 4.90 Å². The molecular formula is C24H30N3O4+. The first-order valence-corrected chi connectivity index (χ1v) is 10.6. The maximum absolute atomic E-state index is 13.0. The average Bonchev–Trinajstić information content (AvgIpc) is 3.04. The smallest absolute Gasteiger partial charge is 0.295 e. The number of nitrogens with one attached hydrogen (secondary N) is 1. The number of carbonyl (C=O) groups excluding carboxylic acids is 2. The molecule has 1 aromatic carbocycles. The molecule has 7 nitrogen and oxygen atoms in total. The van der Waals surface area contributed by atoms with E-state index >= 15 is 0 Å². The molecule has 1 aliphatic heterocycles. The molecule has 0 spiro atoms. The van der Waals surface area contributed by atoms with Gasteiger partial charge in [-0.15, -0.1) is 0 Å². The number of hydrogen-bond donors (Lipinski definition) is 2. The van der Waals surface area contributed by atoms with Crippen LogP contribution >= 0.6 is 0 Å². The number of ketones is 1. The third-order valence-electron chi connectivity index (χ3n) is 5.94. The zero-order valence-corrected chi connectivity index (χ0v) is 18.5. The Hall–Kier alpha value is -3.19. The van der Waals surface area contributed by atoms with E-state index in [9.17, 15) is 14.7 Å². The summed E-state index contributed by atoms with van der Waals surface area (Å²) in [5.74, 6) is -0.740. The number of rotatable bonds is 8. The lowest BCUT2D eigenvalue weighted by atomic mass is 9.95. The second-order valence-electron chi connectivity index (χ2n) is 7.66. The van der Waals surface area contributed by atoms with Gasteiger partial charge in [0.2, 0.25) is 0 Å². The van der Waals surface area contributed by atoms with Crippen LogP contribution in [0.15, 0.2) is 48.3 Å². The molecule has 1 amide bonds. The van der Waals surface area contributed by atoms with E-state index in [1.54, 1.807) is 54.7 Å². The van der Waals surface area contributed by atoms with Gasteiger partial charge in [-0.2, -0.15) is 0 Å². The minimum atomic E-state index is -0.665. The zero-order chi connectivity index (χ0) is 22.5. The fraction of sp³-hybridized carbons (Fsp3) is 0.375. The summed E-state index contributed by atoms with van der Waals surface area (Å²) < 4.78 is 5.29. The van der Waals surface area contributed by atoms with E-state index in [4.69, 9.17) is 4.74 Å². The number of aryl methyl sites for hydroxylation is 1. The molecule has 0 bridgehead atoms. The van der Waals surface area contributed by atoms with E-state index in [0.717, 1.165) is 30.8 Å². The molecule has 1 fully saturated rings. The molecule has 1 saturated heterocycles. The lowest BCUT2D eigenvalue weighted by Gasteiger charge is -2.26. The van der Waals surface area contributed by atoms with Crippen molar-refractivity contribution >= 4 is 17.4 Å². The van der Waals surface area contributed by atoms with E-state index < -0.39 is 17.7 Å². The lowest BCUT2D eigenvalue weighted by molar-refractivity contribution is -0.895. The maximum Gasteiger partial charge on any atom is 0.295 e. The summed E-state index contributed by atoms with van der Waals surface area (Å²) in [6.45, 7) is 9.08. The molecule has 1 aliphatic rings. The van der Waals surface area contributed by atoms with Gasteiger partial charge in [0.05, 0.1) is 44.9 Å². The van der Waals surface area contributed by atoms with Crippen LogP contribution in [-0.4, -0.2) is 60.0 Å². The molecule has 1 aromatic heterocycles. The third-order valence-corrected chi connectivity index (χ3v) is 5.94. The maximum atomic E-state index is 13.0. The fourth-order valence-corrected chi connectivity index (χ4v) is 4.07. The molecule has 2 N–H and O–H groups in total. The Bertz CT molecular complexity index is 984. The van der Waals surface area contributed by atoms with Gasteiger partial charge in [-0.05, 0) is 62.2 Å². The highest BCUT2D eigenvalue weighted by atomic mass is 16.5. The zero-order valence-electron chi connectivity index (χ0n) is 18.5. The van der Waals surface area contributed by atoms with Crippen molar-refractivity contribution < 1.29 is 24.3 Å². The van der Waals surface area contributed by atoms with Gasteiger partial charge in [-0.1, -0.05) is 0 Å². The van der Waals surface area contributed by atoms with Crippen LogP contribution in [-0.2, 0) is 9.59 Å². The first kappa shape index (κ1) is 22.5. The second-order valence-corrected chi connectivity index (χ2v) is 7.66. The van der Waals surface area contributed by atoms with Crippen LogP contribution in [0.4, 0.5) is 0 Å². The molecule has 2 heterocycles. The van der Waals surface area contributed by atoms with Crippen molar-refractivity contribution in [3.63, 3.8) is 0 Å². The van der Waals surface area contributed by atoms with Crippen molar-refractivity contribution in [2.75, 3.05) is 33.3 Å². The first-order chi connectivity index (χ1) is 14.9. The summed E-state index contributed by atoms with van der Waals surface area (Å²) in [6, 6.07) is 8.09. The Balaban J connectivity index is 2.08. The van der Waals surface area contributed by atoms with Crippen LogP contribution < -0.4 is 9.64 Å². The summed E-state index contributed by atoms with van der Waals surface area (Å²) in [6.07, 6.45) is 3.26. The lowest BCUT2D eigenvalue weighted by Crippen LogP contribution is -3.12.